The molecule has 0 aliphatic rings. The Hall–Kier alpha value is -3.85. The first-order valence-corrected chi connectivity index (χ1v) is 11.9. The fraction of sp³-hybridized carbons (Fsp3) is 0.269. The van der Waals surface area contributed by atoms with Crippen LogP contribution in [0.3, 0.4) is 0 Å². The average molecular weight is 497 g/mol. The molecule has 35 heavy (non-hydrogen) atoms. The Morgan fingerprint density at radius 2 is 1.66 bits per heavy atom. The molecule has 0 aliphatic carbocycles. The summed E-state index contributed by atoms with van der Waals surface area (Å²) in [6.07, 6.45) is 0.660. The number of rotatable bonds is 10. The summed E-state index contributed by atoms with van der Waals surface area (Å²) in [5.74, 6) is 0.211. The second kappa shape index (κ2) is 12.0. The maximum Gasteiger partial charge on any atom is 0.350 e. The Morgan fingerprint density at radius 1 is 0.943 bits per heavy atom. The minimum absolute atomic E-state index is 0.0818. The Balaban J connectivity index is 1.84. The highest BCUT2D eigenvalue weighted by atomic mass is 32.1. The van der Waals surface area contributed by atoms with Crippen LogP contribution in [0.5, 0.6) is 11.5 Å². The van der Waals surface area contributed by atoms with Crippen LogP contribution >= 0.6 is 11.3 Å². The van der Waals surface area contributed by atoms with E-state index in [9.17, 15) is 14.4 Å². The molecule has 2 aromatic carbocycles. The van der Waals surface area contributed by atoms with Gasteiger partial charge in [0.1, 0.15) is 4.88 Å². The third-order valence-electron chi connectivity index (χ3n) is 5.11. The molecular formula is C26H28N2O6S. The Morgan fingerprint density at radius 3 is 2.29 bits per heavy atom. The summed E-state index contributed by atoms with van der Waals surface area (Å²) in [6, 6.07) is 14.3. The molecule has 9 heteroatoms. The number of anilines is 1. The molecule has 0 atom stereocenters. The summed E-state index contributed by atoms with van der Waals surface area (Å²) in [4.78, 5) is 37.6. The predicted molar refractivity (Wildman–Crippen MR) is 136 cm³/mol. The van der Waals surface area contributed by atoms with E-state index >= 15 is 0 Å². The van der Waals surface area contributed by atoms with Crippen LogP contribution in [0.4, 0.5) is 5.69 Å². The molecule has 3 aromatic rings. The molecule has 0 aliphatic heterocycles. The highest BCUT2D eigenvalue weighted by Crippen LogP contribution is 2.39. The maximum absolute atomic E-state index is 12.9. The molecule has 0 saturated heterocycles. The first-order chi connectivity index (χ1) is 16.9. The number of esters is 1. The van der Waals surface area contributed by atoms with Gasteiger partial charge in [-0.05, 0) is 60.9 Å². The van der Waals surface area contributed by atoms with Gasteiger partial charge in [0.05, 0.1) is 26.5 Å². The van der Waals surface area contributed by atoms with Crippen molar-refractivity contribution < 1.29 is 28.6 Å². The number of methoxy groups -OCH3 is 2. The van der Waals surface area contributed by atoms with E-state index in [-0.39, 0.29) is 18.4 Å². The number of benzene rings is 2. The maximum atomic E-state index is 12.9. The van der Waals surface area contributed by atoms with Crippen LogP contribution in [0.25, 0.3) is 10.4 Å². The van der Waals surface area contributed by atoms with Crippen molar-refractivity contribution in [2.75, 3.05) is 32.7 Å². The monoisotopic (exact) mass is 496 g/mol. The minimum Gasteiger partial charge on any atom is -0.493 e. The zero-order valence-electron chi connectivity index (χ0n) is 20.1. The van der Waals surface area contributed by atoms with Crippen LogP contribution in [-0.2, 0) is 16.0 Å². The second-order valence-electron chi connectivity index (χ2n) is 7.53. The minimum atomic E-state index is -0.507. The Kier molecular flexibility index (Phi) is 8.86. The first-order valence-electron chi connectivity index (χ1n) is 11.0. The molecule has 3 rings (SSSR count). The fourth-order valence-electron chi connectivity index (χ4n) is 3.36. The summed E-state index contributed by atoms with van der Waals surface area (Å²) in [5, 5.41) is 5.59. The van der Waals surface area contributed by atoms with Crippen molar-refractivity contribution in [1.82, 2.24) is 5.32 Å². The molecular weight excluding hydrogens is 468 g/mol. The van der Waals surface area contributed by atoms with Gasteiger partial charge < -0.3 is 24.8 Å². The third kappa shape index (κ3) is 6.60. The number of nitrogens with one attached hydrogen (secondary N) is 2. The van der Waals surface area contributed by atoms with Gasteiger partial charge in [-0.25, -0.2) is 4.79 Å². The van der Waals surface area contributed by atoms with Crippen LogP contribution in [-0.4, -0.2) is 45.2 Å². The van der Waals surface area contributed by atoms with E-state index in [1.54, 1.807) is 45.4 Å². The van der Waals surface area contributed by atoms with Crippen LogP contribution in [0.15, 0.2) is 48.5 Å². The van der Waals surface area contributed by atoms with E-state index in [1.165, 1.54) is 18.3 Å². The van der Waals surface area contributed by atoms with E-state index in [1.807, 2.05) is 24.3 Å². The summed E-state index contributed by atoms with van der Waals surface area (Å²) < 4.78 is 15.9. The molecule has 8 nitrogen and oxygen atoms in total. The number of carbonyl (C=O) groups excluding carboxylic acids is 3. The van der Waals surface area contributed by atoms with Crippen molar-refractivity contribution >= 4 is 34.8 Å². The van der Waals surface area contributed by atoms with Gasteiger partial charge in [0.25, 0.3) is 5.91 Å². The van der Waals surface area contributed by atoms with Crippen LogP contribution in [0, 0.1) is 0 Å². The van der Waals surface area contributed by atoms with E-state index in [4.69, 9.17) is 14.2 Å². The molecule has 0 bridgehead atoms. The van der Waals surface area contributed by atoms with Gasteiger partial charge in [0.15, 0.2) is 11.5 Å². The quantitative estimate of drug-likeness (QED) is 0.400. The SMILES string of the molecule is CCOC(=O)c1sc(-c2ccc(OC)c(OC)c2)cc1NC(=O)c1ccc(CCNC(C)=O)cc1. The van der Waals surface area contributed by atoms with E-state index < -0.39 is 5.97 Å². The zero-order chi connectivity index (χ0) is 25.4. The van der Waals surface area contributed by atoms with Crippen LogP contribution in [0.2, 0.25) is 0 Å². The van der Waals surface area contributed by atoms with Crippen LogP contribution in [0.1, 0.15) is 39.4 Å². The lowest BCUT2D eigenvalue weighted by Gasteiger charge is -2.08. The summed E-state index contributed by atoms with van der Waals surface area (Å²) >= 11 is 1.22. The van der Waals surface area contributed by atoms with E-state index in [0.29, 0.717) is 40.6 Å². The lowest BCUT2D eigenvalue weighted by Crippen LogP contribution is -2.22. The van der Waals surface area contributed by atoms with Gasteiger partial charge in [-0.3, -0.25) is 9.59 Å². The van der Waals surface area contributed by atoms with Crippen molar-refractivity contribution in [3.8, 4) is 21.9 Å². The third-order valence-corrected chi connectivity index (χ3v) is 6.28. The molecule has 2 N–H and O–H groups in total. The molecule has 1 heterocycles. The topological polar surface area (TPSA) is 103 Å². The molecule has 0 fully saturated rings. The standard InChI is InChI=1S/C26H28N2O6S/c1-5-34-26(31)24-20(15-23(35-24)19-10-11-21(32-3)22(14-19)33-4)28-25(30)18-8-6-17(7-9-18)12-13-27-16(2)29/h6-11,14-15H,5,12-13H2,1-4H3,(H,27,29)(H,28,30). The molecule has 2 amide bonds. The second-order valence-corrected chi connectivity index (χ2v) is 8.58. The summed E-state index contributed by atoms with van der Waals surface area (Å²) in [6.45, 7) is 3.94. The lowest BCUT2D eigenvalue weighted by atomic mass is 10.1. The number of thiophene rings is 1. The van der Waals surface area contributed by atoms with Crippen molar-refractivity contribution in [2.45, 2.75) is 20.3 Å². The zero-order valence-corrected chi connectivity index (χ0v) is 20.9. The lowest BCUT2D eigenvalue weighted by molar-refractivity contribution is -0.118. The molecule has 0 spiro atoms. The largest absolute Gasteiger partial charge is 0.493 e. The average Bonchev–Trinajstić information content (AvgIpc) is 3.27. The van der Waals surface area contributed by atoms with Crippen molar-refractivity contribution in [2.24, 2.45) is 0 Å². The fourth-order valence-corrected chi connectivity index (χ4v) is 4.37. The van der Waals surface area contributed by atoms with Crippen molar-refractivity contribution in [1.29, 1.82) is 0 Å². The highest BCUT2D eigenvalue weighted by Gasteiger charge is 2.21. The van der Waals surface area contributed by atoms with E-state index in [0.717, 1.165) is 16.0 Å². The number of carbonyl (C=O) groups is 3. The molecule has 0 unspecified atom stereocenters. The Bertz CT molecular complexity index is 1200. The number of ether oxygens (including phenoxy) is 3. The summed E-state index contributed by atoms with van der Waals surface area (Å²) in [5.41, 5.74) is 2.62. The van der Waals surface area contributed by atoms with Crippen molar-refractivity contribution in [3.63, 3.8) is 0 Å². The van der Waals surface area contributed by atoms with Crippen LogP contribution < -0.4 is 20.1 Å². The molecule has 1 aromatic heterocycles. The number of hydrogen-bond acceptors (Lipinski definition) is 7. The van der Waals surface area contributed by atoms with Crippen molar-refractivity contribution in [3.05, 3.63) is 64.5 Å². The van der Waals surface area contributed by atoms with Gasteiger partial charge in [-0.2, -0.15) is 0 Å². The van der Waals surface area contributed by atoms with Gasteiger partial charge >= 0.3 is 5.97 Å². The van der Waals surface area contributed by atoms with Gasteiger partial charge in [0.2, 0.25) is 5.91 Å². The van der Waals surface area contributed by atoms with Gasteiger partial charge in [-0.15, -0.1) is 11.3 Å². The first kappa shape index (κ1) is 25.8. The van der Waals surface area contributed by atoms with E-state index in [2.05, 4.69) is 10.6 Å². The van der Waals surface area contributed by atoms with Gasteiger partial charge in [-0.1, -0.05) is 12.1 Å². The number of amides is 2. The Labute approximate surface area is 208 Å². The smallest absolute Gasteiger partial charge is 0.350 e. The molecule has 0 radical (unpaired) electrons. The molecule has 184 valence electrons. The predicted octanol–water partition coefficient (Wildman–Crippen LogP) is 4.54. The highest BCUT2D eigenvalue weighted by molar-refractivity contribution is 7.18. The summed E-state index contributed by atoms with van der Waals surface area (Å²) in [7, 11) is 3.11. The normalized spacial score (nSPS) is 10.4. The van der Waals surface area contributed by atoms with Gasteiger partial charge in [0, 0.05) is 23.9 Å². The molecule has 0 saturated carbocycles. The number of hydrogen-bond donors (Lipinski definition) is 2.